The summed E-state index contributed by atoms with van der Waals surface area (Å²) in [5, 5.41) is 11.3. The fourth-order valence-corrected chi connectivity index (χ4v) is 6.45. The lowest BCUT2D eigenvalue weighted by molar-refractivity contribution is -0.160. The quantitative estimate of drug-likeness (QED) is 0.504. The molecule has 5 nitrogen and oxygen atoms in total. The molecule has 168 valence electrons. The highest BCUT2D eigenvalue weighted by Gasteiger charge is 2.37. The molecule has 2 atom stereocenters. The molecule has 32 heavy (non-hydrogen) atoms. The minimum atomic E-state index is -1.12. The van der Waals surface area contributed by atoms with E-state index in [2.05, 4.69) is 18.2 Å². The van der Waals surface area contributed by atoms with E-state index in [0.717, 1.165) is 51.9 Å². The molecule has 3 aromatic rings. The number of aliphatic carboxylic acids is 1. The van der Waals surface area contributed by atoms with Gasteiger partial charge in [-0.2, -0.15) is 0 Å². The van der Waals surface area contributed by atoms with Crippen molar-refractivity contribution in [3.8, 4) is 16.9 Å². The zero-order valence-electron chi connectivity index (χ0n) is 19.2. The van der Waals surface area contributed by atoms with Gasteiger partial charge in [-0.25, -0.2) is 9.78 Å². The third-order valence-corrected chi connectivity index (χ3v) is 7.51. The monoisotopic (exact) mass is 451 g/mol. The van der Waals surface area contributed by atoms with Crippen LogP contribution in [-0.2, 0) is 16.0 Å². The molecular formula is C26H29NO4S. The van der Waals surface area contributed by atoms with Gasteiger partial charge >= 0.3 is 5.97 Å². The molecule has 0 radical (unpaired) electrons. The summed E-state index contributed by atoms with van der Waals surface area (Å²) in [7, 11) is 0. The number of carboxylic acid groups (broad SMARTS) is 1. The number of rotatable bonds is 3. The van der Waals surface area contributed by atoms with Gasteiger partial charge in [-0.1, -0.05) is 12.1 Å². The maximum atomic E-state index is 12.5. The lowest BCUT2D eigenvalue weighted by Crippen LogP contribution is -2.28. The molecule has 1 N–H and O–H groups in total. The smallest absolute Gasteiger partial charge is 0.337 e. The fraction of sp³-hybridized carbons (Fsp3) is 0.462. The summed E-state index contributed by atoms with van der Waals surface area (Å²) in [4.78, 5) is 19.8. The average molecular weight is 452 g/mol. The van der Waals surface area contributed by atoms with E-state index in [1.807, 2.05) is 34.6 Å². The van der Waals surface area contributed by atoms with Crippen LogP contribution in [0.2, 0.25) is 0 Å². The van der Waals surface area contributed by atoms with E-state index in [9.17, 15) is 9.90 Å². The Hall–Kier alpha value is -2.44. The predicted molar refractivity (Wildman–Crippen MR) is 127 cm³/mol. The van der Waals surface area contributed by atoms with Crippen LogP contribution in [0, 0.1) is 13.8 Å². The van der Waals surface area contributed by atoms with Crippen molar-refractivity contribution in [1.29, 1.82) is 0 Å². The molecule has 0 bridgehead atoms. The molecule has 0 amide bonds. The summed E-state index contributed by atoms with van der Waals surface area (Å²) < 4.78 is 12.5. The summed E-state index contributed by atoms with van der Waals surface area (Å²) >= 11 is 1.76. The normalized spacial score (nSPS) is 18.5. The van der Waals surface area contributed by atoms with Crippen LogP contribution < -0.4 is 4.74 Å². The second-order valence-corrected chi connectivity index (χ2v) is 11.0. The van der Waals surface area contributed by atoms with Gasteiger partial charge in [0.25, 0.3) is 0 Å². The number of hydrogen-bond acceptors (Lipinski definition) is 5. The maximum Gasteiger partial charge on any atom is 0.337 e. The van der Waals surface area contributed by atoms with Gasteiger partial charge in [-0.15, -0.1) is 11.3 Å². The van der Waals surface area contributed by atoms with Crippen molar-refractivity contribution < 1.29 is 19.4 Å². The van der Waals surface area contributed by atoms with Crippen molar-refractivity contribution in [3.05, 3.63) is 45.5 Å². The molecule has 0 spiro atoms. The molecule has 2 unspecified atom stereocenters. The molecule has 0 saturated carbocycles. The van der Waals surface area contributed by atoms with Gasteiger partial charge in [0.2, 0.25) is 0 Å². The highest BCUT2D eigenvalue weighted by Crippen LogP contribution is 2.51. The van der Waals surface area contributed by atoms with Crippen LogP contribution in [0.1, 0.15) is 72.9 Å². The van der Waals surface area contributed by atoms with Crippen molar-refractivity contribution >= 4 is 27.5 Å². The van der Waals surface area contributed by atoms with Gasteiger partial charge in [-0.05, 0) is 71.1 Å². The van der Waals surface area contributed by atoms with Crippen molar-refractivity contribution in [2.75, 3.05) is 6.61 Å². The topological polar surface area (TPSA) is 68.7 Å². The van der Waals surface area contributed by atoms with Crippen LogP contribution in [0.4, 0.5) is 0 Å². The zero-order chi connectivity index (χ0) is 22.8. The Morgan fingerprint density at radius 1 is 1.31 bits per heavy atom. The summed E-state index contributed by atoms with van der Waals surface area (Å²) in [5.41, 5.74) is 4.99. The molecule has 6 heteroatoms. The SMILES string of the molecule is Cc1ccc2c(c1)OCC1CCCc3sc4nc(C)c(C(OC(C)(C)C)C(=O)O)c-2c4c31. The highest BCUT2D eigenvalue weighted by molar-refractivity contribution is 7.19. The molecule has 0 fully saturated rings. The summed E-state index contributed by atoms with van der Waals surface area (Å²) in [6.07, 6.45) is 2.14. The number of ether oxygens (including phenoxy) is 2. The van der Waals surface area contributed by atoms with Gasteiger partial charge in [0, 0.05) is 38.6 Å². The van der Waals surface area contributed by atoms with Gasteiger partial charge < -0.3 is 14.6 Å². The fourth-order valence-electron chi connectivity index (χ4n) is 5.10. The molecule has 1 aromatic carbocycles. The van der Waals surface area contributed by atoms with E-state index in [4.69, 9.17) is 14.5 Å². The molecule has 5 rings (SSSR count). The Balaban J connectivity index is 1.92. The van der Waals surface area contributed by atoms with Crippen LogP contribution in [0.5, 0.6) is 5.75 Å². The Kier molecular flexibility index (Phi) is 5.06. The van der Waals surface area contributed by atoms with E-state index in [1.54, 1.807) is 11.3 Å². The van der Waals surface area contributed by atoms with Gasteiger partial charge in [0.15, 0.2) is 6.10 Å². The van der Waals surface area contributed by atoms with E-state index >= 15 is 0 Å². The van der Waals surface area contributed by atoms with Crippen LogP contribution in [0.15, 0.2) is 18.2 Å². The van der Waals surface area contributed by atoms with E-state index in [-0.39, 0.29) is 0 Å². The van der Waals surface area contributed by atoms with E-state index in [1.165, 1.54) is 10.4 Å². The zero-order valence-corrected chi connectivity index (χ0v) is 20.1. The number of carboxylic acids is 1. The summed E-state index contributed by atoms with van der Waals surface area (Å²) in [6, 6.07) is 6.18. The molecule has 0 saturated heterocycles. The Morgan fingerprint density at radius 2 is 2.09 bits per heavy atom. The number of benzene rings is 1. The second kappa shape index (κ2) is 7.56. The number of hydrogen-bond donors (Lipinski definition) is 1. The molecule has 2 aliphatic rings. The highest BCUT2D eigenvalue weighted by atomic mass is 32.1. The number of fused-ring (bicyclic) bond motifs is 2. The van der Waals surface area contributed by atoms with E-state index < -0.39 is 17.7 Å². The molecule has 3 heterocycles. The first-order valence-corrected chi connectivity index (χ1v) is 12.1. The minimum absolute atomic E-state index is 0.295. The number of pyridine rings is 1. The largest absolute Gasteiger partial charge is 0.492 e. The summed E-state index contributed by atoms with van der Waals surface area (Å²) in [5.74, 6) is 0.101. The molecular weight excluding hydrogens is 422 g/mol. The maximum absolute atomic E-state index is 12.5. The first-order valence-electron chi connectivity index (χ1n) is 11.2. The number of carbonyl (C=O) groups is 1. The number of thiophene rings is 1. The van der Waals surface area contributed by atoms with Gasteiger partial charge in [0.05, 0.1) is 12.2 Å². The molecule has 1 aliphatic heterocycles. The van der Waals surface area contributed by atoms with Crippen molar-refractivity contribution in [3.63, 3.8) is 0 Å². The van der Waals surface area contributed by atoms with Gasteiger partial charge in [-0.3, -0.25) is 0 Å². The summed E-state index contributed by atoms with van der Waals surface area (Å²) in [6.45, 7) is 10.2. The van der Waals surface area contributed by atoms with Gasteiger partial charge in [0.1, 0.15) is 10.6 Å². The van der Waals surface area contributed by atoms with Crippen LogP contribution in [-0.4, -0.2) is 28.3 Å². The average Bonchev–Trinajstić information content (AvgIpc) is 3.06. The standard InChI is InChI=1S/C26H29NO4S/c1-13-9-10-16-17(11-13)30-12-15-7-6-8-18-20(15)22-21(16)19(14(2)27-24(22)32-18)23(25(28)29)31-26(3,4)5/h9-11,15,23H,6-8,12H2,1-5H3,(H,28,29). The molecule has 1 aliphatic carbocycles. The van der Waals surface area contributed by atoms with Crippen LogP contribution in [0.3, 0.4) is 0 Å². The van der Waals surface area contributed by atoms with Crippen molar-refractivity contribution in [2.45, 2.75) is 71.5 Å². The predicted octanol–water partition coefficient (Wildman–Crippen LogP) is 6.33. The number of aryl methyl sites for hydroxylation is 3. The number of nitrogens with zero attached hydrogens (tertiary/aromatic N) is 1. The first kappa shape index (κ1) is 21.4. The van der Waals surface area contributed by atoms with Crippen molar-refractivity contribution in [1.82, 2.24) is 4.98 Å². The lowest BCUT2D eigenvalue weighted by atomic mass is 9.81. The van der Waals surface area contributed by atoms with Crippen LogP contribution >= 0.6 is 11.3 Å². The Labute approximate surface area is 192 Å². The first-order chi connectivity index (χ1) is 15.1. The second-order valence-electron chi connectivity index (χ2n) is 9.95. The van der Waals surface area contributed by atoms with Crippen molar-refractivity contribution in [2.24, 2.45) is 0 Å². The Bertz CT molecular complexity index is 1240. The third kappa shape index (κ3) is 3.50. The van der Waals surface area contributed by atoms with E-state index in [0.29, 0.717) is 23.8 Å². The third-order valence-electron chi connectivity index (χ3n) is 6.35. The number of aromatic nitrogens is 1. The Morgan fingerprint density at radius 3 is 2.81 bits per heavy atom. The van der Waals surface area contributed by atoms with Crippen LogP contribution in [0.25, 0.3) is 21.3 Å². The lowest BCUT2D eigenvalue weighted by Gasteiger charge is -2.31. The minimum Gasteiger partial charge on any atom is -0.492 e. The molecule has 2 aromatic heterocycles.